The molecular weight excluding hydrogens is 340 g/mol. The lowest BCUT2D eigenvalue weighted by Crippen LogP contribution is -2.46. The molecule has 0 unspecified atom stereocenters. The topological polar surface area (TPSA) is 84.5 Å². The molecule has 0 bridgehead atoms. The maximum absolute atomic E-state index is 12.6. The van der Waals surface area contributed by atoms with Crippen LogP contribution in [0.3, 0.4) is 0 Å². The number of anilines is 1. The third-order valence-electron chi connectivity index (χ3n) is 3.53. The maximum Gasteiger partial charge on any atom is 0.337 e. The van der Waals surface area contributed by atoms with E-state index >= 15 is 0 Å². The Kier molecular flexibility index (Phi) is 6.30. The lowest BCUT2D eigenvalue weighted by molar-refractivity contribution is -0.118. The van der Waals surface area contributed by atoms with Gasteiger partial charge in [0, 0.05) is 5.69 Å². The summed E-state index contributed by atoms with van der Waals surface area (Å²) in [4.78, 5) is 36.9. The molecule has 0 fully saturated rings. The number of methoxy groups -OCH3 is 1. The van der Waals surface area contributed by atoms with Crippen molar-refractivity contribution in [3.8, 4) is 0 Å². The summed E-state index contributed by atoms with van der Waals surface area (Å²) in [6, 6.07) is 9.23. The molecule has 1 aromatic heterocycles. The minimum Gasteiger partial charge on any atom is -0.465 e. The predicted molar refractivity (Wildman–Crippen MR) is 96.8 cm³/mol. The first kappa shape index (κ1) is 18.7. The molecule has 0 spiro atoms. The summed E-state index contributed by atoms with van der Waals surface area (Å²) >= 11 is 1.31. The number of thiophene rings is 1. The van der Waals surface area contributed by atoms with E-state index in [9.17, 15) is 14.4 Å². The quantitative estimate of drug-likeness (QED) is 0.776. The van der Waals surface area contributed by atoms with E-state index in [4.69, 9.17) is 0 Å². The number of hydrogen-bond donors (Lipinski definition) is 2. The van der Waals surface area contributed by atoms with Crippen molar-refractivity contribution >= 4 is 34.8 Å². The maximum atomic E-state index is 12.6. The average Bonchev–Trinajstić information content (AvgIpc) is 3.13. The molecule has 0 aliphatic heterocycles. The lowest BCUT2D eigenvalue weighted by Gasteiger charge is -2.21. The van der Waals surface area contributed by atoms with E-state index in [0.29, 0.717) is 16.1 Å². The van der Waals surface area contributed by atoms with E-state index in [2.05, 4.69) is 15.4 Å². The van der Waals surface area contributed by atoms with E-state index in [1.165, 1.54) is 24.5 Å². The van der Waals surface area contributed by atoms with Crippen LogP contribution >= 0.6 is 11.3 Å². The summed E-state index contributed by atoms with van der Waals surface area (Å²) < 4.78 is 4.67. The smallest absolute Gasteiger partial charge is 0.337 e. The van der Waals surface area contributed by atoms with Crippen LogP contribution in [0, 0.1) is 5.92 Å². The van der Waals surface area contributed by atoms with Crippen molar-refractivity contribution in [2.45, 2.75) is 19.9 Å². The van der Waals surface area contributed by atoms with Crippen LogP contribution in [0.2, 0.25) is 0 Å². The van der Waals surface area contributed by atoms with Crippen LogP contribution in [-0.4, -0.2) is 30.9 Å². The van der Waals surface area contributed by atoms with Crippen LogP contribution in [0.1, 0.15) is 33.9 Å². The van der Waals surface area contributed by atoms with Gasteiger partial charge in [0.05, 0.1) is 17.6 Å². The molecule has 25 heavy (non-hydrogen) atoms. The van der Waals surface area contributed by atoms with Gasteiger partial charge in [0.2, 0.25) is 5.91 Å². The van der Waals surface area contributed by atoms with E-state index in [1.54, 1.807) is 35.7 Å². The summed E-state index contributed by atoms with van der Waals surface area (Å²) in [5, 5.41) is 7.29. The van der Waals surface area contributed by atoms with Crippen molar-refractivity contribution in [2.24, 2.45) is 5.92 Å². The van der Waals surface area contributed by atoms with Gasteiger partial charge in [-0.1, -0.05) is 26.0 Å². The fraction of sp³-hybridized carbons (Fsp3) is 0.278. The Morgan fingerprint density at radius 2 is 1.88 bits per heavy atom. The van der Waals surface area contributed by atoms with E-state index < -0.39 is 12.0 Å². The molecule has 6 nitrogen and oxygen atoms in total. The molecule has 2 N–H and O–H groups in total. The first-order valence-electron chi connectivity index (χ1n) is 7.76. The van der Waals surface area contributed by atoms with Gasteiger partial charge in [-0.3, -0.25) is 9.59 Å². The highest BCUT2D eigenvalue weighted by Crippen LogP contribution is 2.15. The van der Waals surface area contributed by atoms with Crippen molar-refractivity contribution in [1.82, 2.24) is 5.32 Å². The second-order valence-corrected chi connectivity index (χ2v) is 6.68. The second-order valence-electron chi connectivity index (χ2n) is 5.73. The van der Waals surface area contributed by atoms with Crippen molar-refractivity contribution in [3.05, 3.63) is 52.2 Å². The zero-order valence-corrected chi connectivity index (χ0v) is 15.1. The molecule has 2 rings (SSSR count). The van der Waals surface area contributed by atoms with Gasteiger partial charge in [-0.05, 0) is 35.6 Å². The van der Waals surface area contributed by atoms with Crippen LogP contribution in [0.5, 0.6) is 0 Å². The summed E-state index contributed by atoms with van der Waals surface area (Å²) in [5.41, 5.74) is 0.799. The average molecular weight is 360 g/mol. The Morgan fingerprint density at radius 1 is 1.12 bits per heavy atom. The Morgan fingerprint density at radius 3 is 2.48 bits per heavy atom. The minimum atomic E-state index is -0.698. The van der Waals surface area contributed by atoms with Gasteiger partial charge in [0.15, 0.2) is 0 Å². The number of benzene rings is 1. The van der Waals surface area contributed by atoms with Crippen LogP contribution in [0.25, 0.3) is 0 Å². The van der Waals surface area contributed by atoms with Gasteiger partial charge in [0.25, 0.3) is 5.91 Å². The van der Waals surface area contributed by atoms with Crippen molar-refractivity contribution < 1.29 is 19.1 Å². The number of hydrogen-bond acceptors (Lipinski definition) is 5. The number of carbonyl (C=O) groups excluding carboxylic acids is 3. The molecule has 1 aromatic carbocycles. The van der Waals surface area contributed by atoms with Gasteiger partial charge in [-0.25, -0.2) is 4.79 Å². The van der Waals surface area contributed by atoms with Gasteiger partial charge in [-0.15, -0.1) is 11.3 Å². The largest absolute Gasteiger partial charge is 0.465 e. The Labute approximate surface area is 150 Å². The Balaban J connectivity index is 2.10. The molecule has 0 saturated heterocycles. The first-order chi connectivity index (χ1) is 11.9. The van der Waals surface area contributed by atoms with Crippen LogP contribution < -0.4 is 10.6 Å². The molecule has 2 amide bonds. The van der Waals surface area contributed by atoms with E-state index in [0.717, 1.165) is 0 Å². The third-order valence-corrected chi connectivity index (χ3v) is 4.40. The van der Waals surface area contributed by atoms with Gasteiger partial charge in [-0.2, -0.15) is 0 Å². The number of carbonyl (C=O) groups is 3. The Bertz CT molecular complexity index is 756. The predicted octanol–water partition coefficient (Wildman–Crippen LogP) is 2.93. The first-order valence-corrected chi connectivity index (χ1v) is 8.64. The summed E-state index contributed by atoms with van der Waals surface area (Å²) in [5.74, 6) is -1.22. The zero-order valence-electron chi connectivity index (χ0n) is 14.2. The SMILES string of the molecule is COC(=O)c1cccc(NC(=O)[C@H](NC(=O)c2cccs2)C(C)C)c1. The van der Waals surface area contributed by atoms with Gasteiger partial charge in [0.1, 0.15) is 6.04 Å². The number of esters is 1. The number of ether oxygens (including phenoxy) is 1. The van der Waals surface area contributed by atoms with Gasteiger partial charge < -0.3 is 15.4 Å². The summed E-state index contributed by atoms with van der Waals surface area (Å²) in [6.07, 6.45) is 0. The highest BCUT2D eigenvalue weighted by atomic mass is 32.1. The molecule has 1 heterocycles. The fourth-order valence-electron chi connectivity index (χ4n) is 2.22. The molecular formula is C18H20N2O4S. The summed E-state index contributed by atoms with van der Waals surface area (Å²) in [6.45, 7) is 3.70. The normalized spacial score (nSPS) is 11.7. The molecule has 132 valence electrons. The van der Waals surface area contributed by atoms with Crippen LogP contribution in [-0.2, 0) is 9.53 Å². The number of amides is 2. The second kappa shape index (κ2) is 8.43. The molecule has 7 heteroatoms. The number of nitrogens with one attached hydrogen (secondary N) is 2. The monoisotopic (exact) mass is 360 g/mol. The molecule has 0 radical (unpaired) electrons. The van der Waals surface area contributed by atoms with Crippen molar-refractivity contribution in [2.75, 3.05) is 12.4 Å². The lowest BCUT2D eigenvalue weighted by atomic mass is 10.0. The van der Waals surface area contributed by atoms with Crippen LogP contribution in [0.4, 0.5) is 5.69 Å². The van der Waals surface area contributed by atoms with Crippen molar-refractivity contribution in [3.63, 3.8) is 0 Å². The Hall–Kier alpha value is -2.67. The van der Waals surface area contributed by atoms with Crippen LogP contribution in [0.15, 0.2) is 41.8 Å². The molecule has 2 aromatic rings. The van der Waals surface area contributed by atoms with Crippen molar-refractivity contribution in [1.29, 1.82) is 0 Å². The van der Waals surface area contributed by atoms with Gasteiger partial charge >= 0.3 is 5.97 Å². The molecule has 0 aliphatic rings. The minimum absolute atomic E-state index is 0.104. The third kappa shape index (κ3) is 4.90. The highest BCUT2D eigenvalue weighted by Gasteiger charge is 2.25. The molecule has 0 saturated carbocycles. The number of rotatable bonds is 6. The summed E-state index contributed by atoms with van der Waals surface area (Å²) in [7, 11) is 1.29. The van der Waals surface area contributed by atoms with E-state index in [-0.39, 0.29) is 17.7 Å². The highest BCUT2D eigenvalue weighted by molar-refractivity contribution is 7.12. The standard InChI is InChI=1S/C18H20N2O4S/c1-11(2)15(20-16(21)14-8-5-9-25-14)17(22)19-13-7-4-6-12(10-13)18(23)24-3/h4-11,15H,1-3H3,(H,19,22)(H,20,21)/t15-/m1/s1. The fourth-order valence-corrected chi connectivity index (χ4v) is 2.84. The molecule has 1 atom stereocenters. The zero-order chi connectivity index (χ0) is 18.4. The van der Waals surface area contributed by atoms with E-state index in [1.807, 2.05) is 13.8 Å². The molecule has 0 aliphatic carbocycles.